The summed E-state index contributed by atoms with van der Waals surface area (Å²) in [6.45, 7) is 1.51. The second kappa shape index (κ2) is 10.4. The Hall–Kier alpha value is -2.87. The zero-order valence-corrected chi connectivity index (χ0v) is 20.8. The van der Waals surface area contributed by atoms with Crippen LogP contribution < -0.4 is 19.1 Å². The molecule has 4 rings (SSSR count). The fourth-order valence-electron chi connectivity index (χ4n) is 3.75. The maximum atomic E-state index is 12.7. The average Bonchev–Trinajstić information content (AvgIpc) is 2.86. The van der Waals surface area contributed by atoms with Gasteiger partial charge in [-0.2, -0.15) is 4.31 Å². The van der Waals surface area contributed by atoms with Gasteiger partial charge in [-0.25, -0.2) is 16.8 Å². The molecular weight excluding hydrogens is 498 g/mol. The molecule has 0 aliphatic carbocycles. The van der Waals surface area contributed by atoms with Crippen LogP contribution in [0.1, 0.15) is 0 Å². The third-order valence-electron chi connectivity index (χ3n) is 5.53. The summed E-state index contributed by atoms with van der Waals surface area (Å²) in [4.78, 5) is 12.8. The predicted molar refractivity (Wildman–Crippen MR) is 128 cm³/mol. The summed E-state index contributed by atoms with van der Waals surface area (Å²) in [6, 6.07) is 12.7. The number of hydrogen-bond donors (Lipinski definition) is 1. The van der Waals surface area contributed by atoms with Crippen molar-refractivity contribution < 1.29 is 35.8 Å². The molecule has 2 heterocycles. The summed E-state index contributed by atoms with van der Waals surface area (Å²) in [5.74, 6) is 0.294. The minimum absolute atomic E-state index is 0.125. The Labute approximate surface area is 204 Å². The van der Waals surface area contributed by atoms with Gasteiger partial charge in [-0.1, -0.05) is 12.1 Å². The van der Waals surface area contributed by atoms with Crippen LogP contribution in [0.25, 0.3) is 0 Å². The van der Waals surface area contributed by atoms with E-state index in [0.717, 1.165) is 10.6 Å². The second-order valence-corrected chi connectivity index (χ2v) is 11.8. The first-order valence-corrected chi connectivity index (χ1v) is 14.3. The number of sulfonamides is 2. The van der Waals surface area contributed by atoms with Crippen LogP contribution in [-0.4, -0.2) is 85.4 Å². The van der Waals surface area contributed by atoms with Gasteiger partial charge in [0.05, 0.1) is 43.1 Å². The molecule has 0 bridgehead atoms. The van der Waals surface area contributed by atoms with Crippen molar-refractivity contribution in [2.75, 3.05) is 56.6 Å². The Bertz CT molecular complexity index is 1260. The van der Waals surface area contributed by atoms with Crippen LogP contribution in [-0.2, 0) is 29.6 Å². The molecule has 0 aromatic heterocycles. The number of carbonyl (C=O) groups excluding carboxylic acids is 1. The van der Waals surface area contributed by atoms with E-state index in [9.17, 15) is 21.6 Å². The van der Waals surface area contributed by atoms with Crippen molar-refractivity contribution in [1.29, 1.82) is 0 Å². The van der Waals surface area contributed by atoms with Crippen molar-refractivity contribution in [2.24, 2.45) is 0 Å². The zero-order chi connectivity index (χ0) is 25.1. The second-order valence-electron chi connectivity index (χ2n) is 8.00. The van der Waals surface area contributed by atoms with Gasteiger partial charge in [0.2, 0.25) is 20.0 Å². The van der Waals surface area contributed by atoms with Crippen LogP contribution in [0, 0.1) is 0 Å². The van der Waals surface area contributed by atoms with E-state index in [4.69, 9.17) is 14.2 Å². The Morgan fingerprint density at radius 3 is 2.43 bits per heavy atom. The number of rotatable bonds is 8. The van der Waals surface area contributed by atoms with Crippen LogP contribution in [0.15, 0.2) is 53.4 Å². The number of anilines is 1. The maximum Gasteiger partial charge on any atom is 0.263 e. The molecule has 1 N–H and O–H groups in total. The summed E-state index contributed by atoms with van der Waals surface area (Å²) >= 11 is 0. The molecule has 1 unspecified atom stereocenters. The monoisotopic (exact) mass is 525 g/mol. The van der Waals surface area contributed by atoms with Gasteiger partial charge in [0.1, 0.15) is 18.1 Å². The number of hydrogen-bond acceptors (Lipinski definition) is 8. The first kappa shape index (κ1) is 25.2. The van der Waals surface area contributed by atoms with Crippen molar-refractivity contribution in [1.82, 2.24) is 9.62 Å². The van der Waals surface area contributed by atoms with Gasteiger partial charge in [-0.05, 0) is 36.4 Å². The third-order valence-corrected chi connectivity index (χ3v) is 8.59. The van der Waals surface area contributed by atoms with Crippen LogP contribution in [0.4, 0.5) is 5.69 Å². The summed E-state index contributed by atoms with van der Waals surface area (Å²) in [6.07, 6.45) is 0.0688. The molecule has 190 valence electrons. The third kappa shape index (κ3) is 5.86. The zero-order valence-electron chi connectivity index (χ0n) is 19.1. The molecule has 1 saturated heterocycles. The van der Waals surface area contributed by atoms with E-state index in [-0.39, 0.29) is 24.6 Å². The maximum absolute atomic E-state index is 12.7. The predicted octanol–water partition coefficient (Wildman–Crippen LogP) is 0.430. The van der Waals surface area contributed by atoms with E-state index >= 15 is 0 Å². The number of nitrogens with one attached hydrogen (secondary N) is 1. The number of fused-ring (bicyclic) bond motifs is 1. The summed E-state index contributed by atoms with van der Waals surface area (Å²) < 4.78 is 68.8. The van der Waals surface area contributed by atoms with Crippen molar-refractivity contribution in [3.8, 4) is 11.5 Å². The van der Waals surface area contributed by atoms with E-state index in [1.165, 1.54) is 16.4 Å². The Balaban J connectivity index is 1.29. The molecule has 2 aromatic rings. The molecule has 1 fully saturated rings. The molecule has 2 aliphatic heterocycles. The van der Waals surface area contributed by atoms with Crippen LogP contribution in [0.2, 0.25) is 0 Å². The minimum Gasteiger partial charge on any atom is -0.492 e. The highest BCUT2D eigenvalue weighted by Gasteiger charge is 2.34. The molecule has 0 saturated carbocycles. The lowest BCUT2D eigenvalue weighted by atomic mass is 10.2. The van der Waals surface area contributed by atoms with Gasteiger partial charge in [0, 0.05) is 13.1 Å². The number of benzene rings is 2. The largest absolute Gasteiger partial charge is 0.492 e. The van der Waals surface area contributed by atoms with E-state index in [0.29, 0.717) is 43.5 Å². The van der Waals surface area contributed by atoms with Gasteiger partial charge in [0.15, 0.2) is 6.10 Å². The minimum atomic E-state index is -3.59. The summed E-state index contributed by atoms with van der Waals surface area (Å²) in [5, 5.41) is 2.68. The molecular formula is C22H27N3O8S2. The van der Waals surface area contributed by atoms with Crippen molar-refractivity contribution in [3.05, 3.63) is 48.5 Å². The van der Waals surface area contributed by atoms with E-state index in [1.807, 2.05) is 0 Å². The average molecular weight is 526 g/mol. The number of carbonyl (C=O) groups is 1. The molecule has 1 amide bonds. The molecule has 13 heteroatoms. The normalized spacial score (nSPS) is 18.9. The standard InChI is InChI=1S/C22H27N3O8S2/c1-34(27,28)25-16-21(33-20-5-3-2-4-19(20)25)22(26)23-10-13-32-17-6-8-18(9-7-17)35(29,30)24-11-14-31-15-12-24/h2-9,21H,10-16H2,1H3,(H,23,26). The van der Waals surface area contributed by atoms with Gasteiger partial charge < -0.3 is 19.5 Å². The number of amides is 1. The quantitative estimate of drug-likeness (QED) is 0.491. The number of morpholine rings is 1. The van der Waals surface area contributed by atoms with E-state index in [2.05, 4.69) is 5.32 Å². The van der Waals surface area contributed by atoms with E-state index in [1.54, 1.807) is 36.4 Å². The number of ether oxygens (including phenoxy) is 3. The van der Waals surface area contributed by atoms with Crippen molar-refractivity contribution >= 4 is 31.6 Å². The number of nitrogens with zero attached hydrogens (tertiary/aromatic N) is 2. The topological polar surface area (TPSA) is 132 Å². The lowest BCUT2D eigenvalue weighted by Crippen LogP contribution is -2.51. The number of para-hydroxylation sites is 2. The molecule has 2 aliphatic rings. The van der Waals surface area contributed by atoms with Crippen LogP contribution in [0.5, 0.6) is 11.5 Å². The fourth-order valence-corrected chi connectivity index (χ4v) is 6.08. The molecule has 2 aromatic carbocycles. The highest BCUT2D eigenvalue weighted by molar-refractivity contribution is 7.92. The SMILES string of the molecule is CS(=O)(=O)N1CC(C(=O)NCCOc2ccc(S(=O)(=O)N3CCOCC3)cc2)Oc2ccccc21. The van der Waals surface area contributed by atoms with Crippen molar-refractivity contribution in [2.45, 2.75) is 11.0 Å². The first-order valence-electron chi connectivity index (χ1n) is 11.0. The first-order chi connectivity index (χ1) is 16.7. The Morgan fingerprint density at radius 2 is 1.74 bits per heavy atom. The fraction of sp³-hybridized carbons (Fsp3) is 0.409. The Kier molecular flexibility index (Phi) is 7.50. The van der Waals surface area contributed by atoms with Gasteiger partial charge in [-0.3, -0.25) is 9.10 Å². The van der Waals surface area contributed by atoms with Gasteiger partial charge in [-0.15, -0.1) is 0 Å². The molecule has 11 nitrogen and oxygen atoms in total. The van der Waals surface area contributed by atoms with Gasteiger partial charge >= 0.3 is 0 Å². The highest BCUT2D eigenvalue weighted by atomic mass is 32.2. The molecule has 1 atom stereocenters. The van der Waals surface area contributed by atoms with E-state index < -0.39 is 32.1 Å². The molecule has 0 spiro atoms. The smallest absolute Gasteiger partial charge is 0.263 e. The van der Waals surface area contributed by atoms with Crippen LogP contribution in [0.3, 0.4) is 0 Å². The molecule has 0 radical (unpaired) electrons. The summed E-state index contributed by atoms with van der Waals surface area (Å²) in [5.41, 5.74) is 0.390. The van der Waals surface area contributed by atoms with Crippen molar-refractivity contribution in [3.63, 3.8) is 0 Å². The lowest BCUT2D eigenvalue weighted by molar-refractivity contribution is -0.127. The molecule has 35 heavy (non-hydrogen) atoms. The Morgan fingerprint density at radius 1 is 1.06 bits per heavy atom. The van der Waals surface area contributed by atoms with Gasteiger partial charge in [0.25, 0.3) is 5.91 Å². The summed E-state index contributed by atoms with van der Waals surface area (Å²) in [7, 11) is -7.18. The highest BCUT2D eigenvalue weighted by Crippen LogP contribution is 2.34. The van der Waals surface area contributed by atoms with Crippen LogP contribution >= 0.6 is 0 Å². The lowest BCUT2D eigenvalue weighted by Gasteiger charge is -2.33.